The van der Waals surface area contributed by atoms with Crippen LogP contribution in [0.1, 0.15) is 72.1 Å². The van der Waals surface area contributed by atoms with E-state index < -0.39 is 10.9 Å². The van der Waals surface area contributed by atoms with Gasteiger partial charge in [-0.1, -0.05) is 52.9 Å². The van der Waals surface area contributed by atoms with Crippen molar-refractivity contribution < 1.29 is 8.96 Å². The van der Waals surface area contributed by atoms with Crippen LogP contribution in [0.3, 0.4) is 0 Å². The normalized spacial score (nSPS) is 12.4. The van der Waals surface area contributed by atoms with Gasteiger partial charge in [0.25, 0.3) is 0 Å². The Morgan fingerprint density at radius 2 is 1.27 bits per heavy atom. The van der Waals surface area contributed by atoms with E-state index in [0.717, 1.165) is 32.1 Å². The van der Waals surface area contributed by atoms with E-state index in [0.29, 0.717) is 19.3 Å². The molecule has 0 bridgehead atoms. The van der Waals surface area contributed by atoms with Gasteiger partial charge in [-0.15, -0.1) is 8.96 Å². The maximum atomic E-state index is 13.0. The van der Waals surface area contributed by atoms with Crippen molar-refractivity contribution >= 4 is 0 Å². The second kappa shape index (κ2) is 8.03. The van der Waals surface area contributed by atoms with Gasteiger partial charge in [0.2, 0.25) is 0 Å². The van der Waals surface area contributed by atoms with Crippen molar-refractivity contribution in [2.24, 2.45) is 0 Å². The number of nitrogens with zero attached hydrogens (tertiary/aromatic N) is 1. The Hall–Kier alpha value is -0.180. The van der Waals surface area contributed by atoms with Crippen LogP contribution < -0.4 is 0 Å². The molecule has 0 N–H and O–H groups in total. The Morgan fingerprint density at radius 3 is 1.53 bits per heavy atom. The number of hydrogen-bond acceptors (Lipinski definition) is 1. The third-order valence-electron chi connectivity index (χ3n) is 3.07. The monoisotopic (exact) mass is 221 g/mol. The van der Waals surface area contributed by atoms with Crippen molar-refractivity contribution in [3.8, 4) is 0 Å². The summed E-state index contributed by atoms with van der Waals surface area (Å²) >= 11 is 0. The SMILES string of the molecule is CCCCC(CCC)(CCCC)N(F)F. The van der Waals surface area contributed by atoms with Crippen LogP contribution in [0.25, 0.3) is 0 Å². The molecule has 0 fully saturated rings. The van der Waals surface area contributed by atoms with Crippen LogP contribution >= 0.6 is 0 Å². The molecule has 0 aliphatic heterocycles. The molecule has 0 saturated carbocycles. The van der Waals surface area contributed by atoms with Crippen LogP contribution in [-0.2, 0) is 0 Å². The van der Waals surface area contributed by atoms with Gasteiger partial charge in [-0.05, 0) is 19.3 Å². The Bertz CT molecular complexity index is 141. The third kappa shape index (κ3) is 4.92. The largest absolute Gasteiger partial charge is 0.101 e. The predicted molar refractivity (Wildman–Crippen MR) is 60.7 cm³/mol. The maximum Gasteiger partial charge on any atom is 0.0839 e. The Balaban J connectivity index is 4.41. The average molecular weight is 221 g/mol. The highest BCUT2D eigenvalue weighted by Crippen LogP contribution is 2.34. The number of rotatable bonds is 9. The molecule has 0 radical (unpaired) electrons. The molecule has 0 aromatic carbocycles. The quantitative estimate of drug-likeness (QED) is 0.496. The van der Waals surface area contributed by atoms with Crippen LogP contribution in [0, 0.1) is 0 Å². The van der Waals surface area contributed by atoms with Gasteiger partial charge in [0.1, 0.15) is 0 Å². The van der Waals surface area contributed by atoms with E-state index in [1.807, 2.05) is 6.92 Å². The van der Waals surface area contributed by atoms with Crippen LogP contribution in [-0.4, -0.2) is 10.9 Å². The van der Waals surface area contributed by atoms with E-state index in [9.17, 15) is 8.96 Å². The first kappa shape index (κ1) is 14.8. The van der Waals surface area contributed by atoms with E-state index in [1.54, 1.807) is 0 Å². The van der Waals surface area contributed by atoms with Gasteiger partial charge >= 0.3 is 0 Å². The van der Waals surface area contributed by atoms with Gasteiger partial charge < -0.3 is 0 Å². The van der Waals surface area contributed by atoms with Gasteiger partial charge in [0.15, 0.2) is 0 Å². The summed E-state index contributed by atoms with van der Waals surface area (Å²) in [5.41, 5.74) is -0.846. The van der Waals surface area contributed by atoms with Crippen molar-refractivity contribution in [2.75, 3.05) is 0 Å². The summed E-state index contributed by atoms with van der Waals surface area (Å²) in [6.45, 7) is 6.09. The molecule has 1 nitrogen and oxygen atoms in total. The molecule has 0 aliphatic carbocycles. The minimum absolute atomic E-state index is 0.512. The van der Waals surface area contributed by atoms with Crippen LogP contribution in [0.5, 0.6) is 0 Å². The van der Waals surface area contributed by atoms with Crippen molar-refractivity contribution in [2.45, 2.75) is 77.7 Å². The molecular weight excluding hydrogens is 196 g/mol. The number of hydrogen-bond donors (Lipinski definition) is 0. The molecule has 0 aromatic rings. The average Bonchev–Trinajstić information content (AvgIpc) is 2.22. The van der Waals surface area contributed by atoms with Crippen LogP contribution in [0.4, 0.5) is 8.96 Å². The summed E-state index contributed by atoms with van der Waals surface area (Å²) in [5.74, 6) is 0. The standard InChI is InChI=1S/C12H25F2N/c1-4-7-10-12(9-6-3,15(13)14)11-8-5-2/h4-11H2,1-3H3. The van der Waals surface area contributed by atoms with Gasteiger partial charge in [-0.2, -0.15) is 0 Å². The van der Waals surface area contributed by atoms with E-state index in [4.69, 9.17) is 0 Å². The lowest BCUT2D eigenvalue weighted by Crippen LogP contribution is -2.39. The van der Waals surface area contributed by atoms with Gasteiger partial charge in [-0.3, -0.25) is 0 Å². The first-order valence-corrected chi connectivity index (χ1v) is 6.24. The number of halogens is 2. The third-order valence-corrected chi connectivity index (χ3v) is 3.07. The fourth-order valence-corrected chi connectivity index (χ4v) is 2.11. The van der Waals surface area contributed by atoms with Gasteiger partial charge in [0, 0.05) is 5.34 Å². The lowest BCUT2D eigenvalue weighted by atomic mass is 9.84. The molecule has 0 heterocycles. The summed E-state index contributed by atoms with van der Waals surface area (Å²) in [6.07, 6.45) is 6.48. The highest BCUT2D eigenvalue weighted by atomic mass is 19.4. The summed E-state index contributed by atoms with van der Waals surface area (Å²) < 4.78 is 26.0. The Labute approximate surface area is 92.7 Å². The molecule has 0 unspecified atom stereocenters. The van der Waals surface area contributed by atoms with Crippen molar-refractivity contribution in [1.29, 1.82) is 0 Å². The molecule has 0 aliphatic rings. The van der Waals surface area contributed by atoms with E-state index in [-0.39, 0.29) is 0 Å². The van der Waals surface area contributed by atoms with E-state index in [1.165, 1.54) is 0 Å². The van der Waals surface area contributed by atoms with Crippen LogP contribution in [0.2, 0.25) is 0 Å². The molecule has 0 rings (SSSR count). The van der Waals surface area contributed by atoms with Gasteiger partial charge in [-0.25, -0.2) is 0 Å². The van der Waals surface area contributed by atoms with Crippen molar-refractivity contribution in [3.05, 3.63) is 0 Å². The zero-order valence-corrected chi connectivity index (χ0v) is 10.4. The lowest BCUT2D eigenvalue weighted by Gasteiger charge is -2.33. The summed E-state index contributed by atoms with van der Waals surface area (Å²) in [7, 11) is 0. The predicted octanol–water partition coefficient (Wildman–Crippen LogP) is 4.98. The van der Waals surface area contributed by atoms with Gasteiger partial charge in [0.05, 0.1) is 5.54 Å². The first-order valence-electron chi connectivity index (χ1n) is 6.24. The topological polar surface area (TPSA) is 3.24 Å². The number of unbranched alkanes of at least 4 members (excludes halogenated alkanes) is 2. The maximum absolute atomic E-state index is 13.0. The first-order chi connectivity index (χ1) is 7.13. The molecule has 0 spiro atoms. The molecule has 92 valence electrons. The lowest BCUT2D eigenvalue weighted by molar-refractivity contribution is -0.239. The smallest absolute Gasteiger partial charge is 0.0839 e. The molecule has 15 heavy (non-hydrogen) atoms. The van der Waals surface area contributed by atoms with Crippen molar-refractivity contribution in [1.82, 2.24) is 5.34 Å². The summed E-state index contributed by atoms with van der Waals surface area (Å²) in [5, 5.41) is -0.512. The second-order valence-corrected chi connectivity index (χ2v) is 4.41. The minimum Gasteiger partial charge on any atom is -0.101 e. The Kier molecular flexibility index (Phi) is 7.93. The summed E-state index contributed by atoms with van der Waals surface area (Å²) in [6, 6.07) is 0. The van der Waals surface area contributed by atoms with Crippen molar-refractivity contribution in [3.63, 3.8) is 0 Å². The fraction of sp³-hybridized carbons (Fsp3) is 1.00. The zero-order chi connectivity index (χ0) is 11.7. The summed E-state index contributed by atoms with van der Waals surface area (Å²) in [4.78, 5) is 0. The Morgan fingerprint density at radius 1 is 0.800 bits per heavy atom. The second-order valence-electron chi connectivity index (χ2n) is 4.41. The zero-order valence-electron chi connectivity index (χ0n) is 10.4. The molecule has 0 saturated heterocycles. The highest BCUT2D eigenvalue weighted by molar-refractivity contribution is 4.83. The molecule has 0 amide bonds. The van der Waals surface area contributed by atoms with E-state index in [2.05, 4.69) is 13.8 Å². The molecule has 0 atom stereocenters. The molecular formula is C12H25F2N. The molecule has 3 heteroatoms. The van der Waals surface area contributed by atoms with Crippen LogP contribution in [0.15, 0.2) is 0 Å². The molecule has 0 aromatic heterocycles. The highest BCUT2D eigenvalue weighted by Gasteiger charge is 2.36. The minimum atomic E-state index is -0.846. The van der Waals surface area contributed by atoms with E-state index >= 15 is 0 Å². The fourth-order valence-electron chi connectivity index (χ4n) is 2.11.